The quantitative estimate of drug-likeness (QED) is 0.723. The molecule has 122 valence electrons. The Hall–Kier alpha value is -3.15. The van der Waals surface area contributed by atoms with Gasteiger partial charge in [-0.1, -0.05) is 24.3 Å². The lowest BCUT2D eigenvalue weighted by molar-refractivity contribution is 0.415. The fourth-order valence-electron chi connectivity index (χ4n) is 2.24. The van der Waals surface area contributed by atoms with E-state index in [1.54, 1.807) is 13.3 Å². The van der Waals surface area contributed by atoms with E-state index in [0.29, 0.717) is 18.3 Å². The van der Waals surface area contributed by atoms with Crippen LogP contribution in [0.3, 0.4) is 0 Å². The number of aryl methyl sites for hydroxylation is 1. The topological polar surface area (TPSA) is 72.0 Å². The van der Waals surface area contributed by atoms with E-state index in [-0.39, 0.29) is 0 Å². The van der Waals surface area contributed by atoms with Crippen LogP contribution in [0.4, 0.5) is 17.5 Å². The summed E-state index contributed by atoms with van der Waals surface area (Å²) in [6.07, 6.45) is 1.59. The van der Waals surface area contributed by atoms with Gasteiger partial charge in [-0.25, -0.2) is 0 Å². The number of nitrogens with zero attached hydrogens (tertiary/aromatic N) is 3. The van der Waals surface area contributed by atoms with Gasteiger partial charge in [-0.2, -0.15) is 10.1 Å². The maximum Gasteiger partial charge on any atom is 0.244 e. The summed E-state index contributed by atoms with van der Waals surface area (Å²) < 4.78 is 5.15. The predicted octanol–water partition coefficient (Wildman–Crippen LogP) is 3.54. The summed E-state index contributed by atoms with van der Waals surface area (Å²) in [4.78, 5) is 4.43. The Balaban J connectivity index is 1.66. The maximum absolute atomic E-state index is 5.15. The second-order valence-electron chi connectivity index (χ2n) is 5.30. The number of aromatic nitrogens is 3. The standard InChI is InChI=1S/C18H19N5O/c1-13-5-3-4-6-14(13)11-19-18-22-17(12-20-23-18)21-15-7-9-16(24-2)10-8-15/h3-10,12H,11H2,1-2H3,(H2,19,21,22,23). The first-order valence-corrected chi connectivity index (χ1v) is 7.64. The zero-order chi connectivity index (χ0) is 16.8. The molecule has 0 unspecified atom stereocenters. The third-order valence-electron chi connectivity index (χ3n) is 3.62. The van der Waals surface area contributed by atoms with Crippen molar-refractivity contribution < 1.29 is 4.74 Å². The first kappa shape index (κ1) is 15.7. The number of rotatable bonds is 6. The van der Waals surface area contributed by atoms with Crippen LogP contribution in [0.15, 0.2) is 54.7 Å². The summed E-state index contributed by atoms with van der Waals surface area (Å²) in [5, 5.41) is 14.4. The van der Waals surface area contributed by atoms with Crippen LogP contribution in [0, 0.1) is 6.92 Å². The molecule has 0 aliphatic carbocycles. The average molecular weight is 321 g/mol. The molecule has 0 aliphatic rings. The van der Waals surface area contributed by atoms with Gasteiger partial charge >= 0.3 is 0 Å². The van der Waals surface area contributed by atoms with Crippen LogP contribution >= 0.6 is 0 Å². The monoisotopic (exact) mass is 321 g/mol. The number of hydrogen-bond acceptors (Lipinski definition) is 6. The van der Waals surface area contributed by atoms with Gasteiger partial charge in [-0.15, -0.1) is 5.10 Å². The molecule has 3 rings (SSSR count). The van der Waals surface area contributed by atoms with Crippen molar-refractivity contribution in [1.29, 1.82) is 0 Å². The van der Waals surface area contributed by atoms with Crippen LogP contribution in [-0.4, -0.2) is 22.3 Å². The molecule has 0 radical (unpaired) electrons. The number of ether oxygens (including phenoxy) is 1. The molecule has 3 aromatic rings. The van der Waals surface area contributed by atoms with Crippen LogP contribution in [0.25, 0.3) is 0 Å². The van der Waals surface area contributed by atoms with E-state index in [0.717, 1.165) is 11.4 Å². The van der Waals surface area contributed by atoms with Gasteiger partial charge in [0.1, 0.15) is 5.75 Å². The first-order valence-electron chi connectivity index (χ1n) is 7.64. The van der Waals surface area contributed by atoms with Gasteiger partial charge in [-0.3, -0.25) is 0 Å². The zero-order valence-electron chi connectivity index (χ0n) is 13.7. The number of benzene rings is 2. The molecule has 1 heterocycles. The summed E-state index contributed by atoms with van der Waals surface area (Å²) in [7, 11) is 1.64. The highest BCUT2D eigenvalue weighted by atomic mass is 16.5. The molecule has 0 fully saturated rings. The van der Waals surface area contributed by atoms with Crippen molar-refractivity contribution in [3.05, 3.63) is 65.9 Å². The molecule has 0 aliphatic heterocycles. The Kier molecular flexibility index (Phi) is 4.86. The molecule has 6 heteroatoms. The molecule has 0 atom stereocenters. The highest BCUT2D eigenvalue weighted by Crippen LogP contribution is 2.18. The van der Waals surface area contributed by atoms with Gasteiger partial charge in [0.15, 0.2) is 5.82 Å². The highest BCUT2D eigenvalue weighted by Gasteiger charge is 2.03. The molecule has 0 spiro atoms. The molecule has 2 aromatic carbocycles. The maximum atomic E-state index is 5.15. The molecule has 0 amide bonds. The largest absolute Gasteiger partial charge is 0.497 e. The van der Waals surface area contributed by atoms with Crippen molar-refractivity contribution >= 4 is 17.5 Å². The van der Waals surface area contributed by atoms with Gasteiger partial charge < -0.3 is 15.4 Å². The van der Waals surface area contributed by atoms with E-state index in [2.05, 4.69) is 44.9 Å². The molecular weight excluding hydrogens is 302 g/mol. The number of methoxy groups -OCH3 is 1. The van der Waals surface area contributed by atoms with Crippen LogP contribution < -0.4 is 15.4 Å². The van der Waals surface area contributed by atoms with Crippen molar-refractivity contribution in [3.63, 3.8) is 0 Å². The lowest BCUT2D eigenvalue weighted by Gasteiger charge is -2.09. The third-order valence-corrected chi connectivity index (χ3v) is 3.62. The normalized spacial score (nSPS) is 10.2. The highest BCUT2D eigenvalue weighted by molar-refractivity contribution is 5.57. The SMILES string of the molecule is COc1ccc(Nc2cnnc(NCc3ccccc3C)n2)cc1. The molecule has 24 heavy (non-hydrogen) atoms. The Morgan fingerprint density at radius 3 is 2.58 bits per heavy atom. The van der Waals surface area contributed by atoms with E-state index in [1.165, 1.54) is 11.1 Å². The minimum Gasteiger partial charge on any atom is -0.497 e. The molecule has 6 nitrogen and oxygen atoms in total. The molecule has 0 saturated heterocycles. The van der Waals surface area contributed by atoms with Crippen LogP contribution in [0.5, 0.6) is 5.75 Å². The van der Waals surface area contributed by atoms with Gasteiger partial charge in [0.2, 0.25) is 5.95 Å². The van der Waals surface area contributed by atoms with Crippen molar-refractivity contribution in [2.45, 2.75) is 13.5 Å². The summed E-state index contributed by atoms with van der Waals surface area (Å²) >= 11 is 0. The molecule has 0 saturated carbocycles. The number of nitrogens with one attached hydrogen (secondary N) is 2. The summed E-state index contributed by atoms with van der Waals surface area (Å²) in [6, 6.07) is 15.8. The summed E-state index contributed by atoms with van der Waals surface area (Å²) in [5.41, 5.74) is 3.33. The molecular formula is C18H19N5O. The van der Waals surface area contributed by atoms with E-state index < -0.39 is 0 Å². The van der Waals surface area contributed by atoms with Gasteiger partial charge in [0.05, 0.1) is 13.3 Å². The van der Waals surface area contributed by atoms with Gasteiger partial charge in [0, 0.05) is 12.2 Å². The van der Waals surface area contributed by atoms with E-state index in [4.69, 9.17) is 4.74 Å². The summed E-state index contributed by atoms with van der Waals surface area (Å²) in [5.74, 6) is 1.92. The Bertz CT molecular complexity index is 805. The third kappa shape index (κ3) is 3.98. The van der Waals surface area contributed by atoms with E-state index in [9.17, 15) is 0 Å². The minimum atomic E-state index is 0.483. The molecule has 2 N–H and O–H groups in total. The Labute approximate surface area is 140 Å². The average Bonchev–Trinajstić information content (AvgIpc) is 2.62. The minimum absolute atomic E-state index is 0.483. The predicted molar refractivity (Wildman–Crippen MR) is 94.6 cm³/mol. The van der Waals surface area contributed by atoms with Gasteiger partial charge in [-0.05, 0) is 42.3 Å². The fourth-order valence-corrected chi connectivity index (χ4v) is 2.24. The lowest BCUT2D eigenvalue weighted by Crippen LogP contribution is -2.07. The van der Waals surface area contributed by atoms with E-state index in [1.807, 2.05) is 36.4 Å². The summed E-state index contributed by atoms with van der Waals surface area (Å²) in [6.45, 7) is 2.73. The zero-order valence-corrected chi connectivity index (χ0v) is 13.7. The Morgan fingerprint density at radius 2 is 1.83 bits per heavy atom. The van der Waals surface area contributed by atoms with Crippen molar-refractivity contribution in [2.75, 3.05) is 17.7 Å². The molecule has 0 bridgehead atoms. The second kappa shape index (κ2) is 7.41. The molecule has 1 aromatic heterocycles. The lowest BCUT2D eigenvalue weighted by atomic mass is 10.1. The van der Waals surface area contributed by atoms with Gasteiger partial charge in [0.25, 0.3) is 0 Å². The van der Waals surface area contributed by atoms with Crippen molar-refractivity contribution in [2.24, 2.45) is 0 Å². The van der Waals surface area contributed by atoms with Crippen LogP contribution in [0.1, 0.15) is 11.1 Å². The Morgan fingerprint density at radius 1 is 1.04 bits per heavy atom. The number of anilines is 3. The van der Waals surface area contributed by atoms with Crippen LogP contribution in [0.2, 0.25) is 0 Å². The fraction of sp³-hybridized carbons (Fsp3) is 0.167. The smallest absolute Gasteiger partial charge is 0.244 e. The van der Waals surface area contributed by atoms with Crippen molar-refractivity contribution in [3.8, 4) is 5.75 Å². The van der Waals surface area contributed by atoms with E-state index >= 15 is 0 Å². The second-order valence-corrected chi connectivity index (χ2v) is 5.30. The first-order chi connectivity index (χ1) is 11.7. The van der Waals surface area contributed by atoms with Crippen LogP contribution in [-0.2, 0) is 6.54 Å². The van der Waals surface area contributed by atoms with Crippen molar-refractivity contribution in [1.82, 2.24) is 15.2 Å². The number of hydrogen-bond donors (Lipinski definition) is 2.